The number of carbonyl (C=O) groups is 2. The third-order valence-corrected chi connectivity index (χ3v) is 4.52. The van der Waals surface area contributed by atoms with Crippen LogP contribution in [-0.2, 0) is 9.59 Å². The van der Waals surface area contributed by atoms with Crippen molar-refractivity contribution in [2.45, 2.75) is 39.0 Å². The summed E-state index contributed by atoms with van der Waals surface area (Å²) >= 11 is 0. The molecule has 2 aliphatic rings. The molecule has 0 aromatic rings. The fourth-order valence-corrected chi connectivity index (χ4v) is 3.10. The van der Waals surface area contributed by atoms with E-state index >= 15 is 0 Å². The highest BCUT2D eigenvalue weighted by atomic mass is 16.2. The van der Waals surface area contributed by atoms with Gasteiger partial charge in [-0.3, -0.25) is 9.59 Å². The first-order valence-electron chi connectivity index (χ1n) is 8.01. The van der Waals surface area contributed by atoms with Gasteiger partial charge in [0.2, 0.25) is 0 Å². The Bertz CT molecular complexity index is 338. The van der Waals surface area contributed by atoms with Crippen LogP contribution in [0.2, 0.25) is 0 Å². The van der Waals surface area contributed by atoms with E-state index in [-0.39, 0.29) is 11.8 Å². The van der Waals surface area contributed by atoms with E-state index in [9.17, 15) is 9.59 Å². The van der Waals surface area contributed by atoms with Crippen molar-refractivity contribution >= 4 is 11.8 Å². The second kappa shape index (κ2) is 7.62. The van der Waals surface area contributed by atoms with Gasteiger partial charge in [0.1, 0.15) is 0 Å². The molecular weight excluding hydrogens is 254 g/mol. The predicted octanol–water partition coefficient (Wildman–Crippen LogP) is 0.847. The topological polar surface area (TPSA) is 52.7 Å². The van der Waals surface area contributed by atoms with Gasteiger partial charge in [-0.05, 0) is 38.1 Å². The molecule has 1 N–H and O–H groups in total. The maximum absolute atomic E-state index is 12.4. The van der Waals surface area contributed by atoms with Crippen LogP contribution >= 0.6 is 0 Å². The first kappa shape index (κ1) is 15.3. The van der Waals surface area contributed by atoms with E-state index in [1.165, 1.54) is 12.8 Å². The normalized spacial score (nSPS) is 24.9. The van der Waals surface area contributed by atoms with Gasteiger partial charge >= 0.3 is 11.8 Å². The Balaban J connectivity index is 1.90. The molecule has 0 bridgehead atoms. The number of rotatable bonds is 1. The molecule has 114 valence electrons. The third kappa shape index (κ3) is 3.95. The van der Waals surface area contributed by atoms with E-state index in [1.54, 1.807) is 9.80 Å². The first-order valence-corrected chi connectivity index (χ1v) is 8.01. The predicted molar refractivity (Wildman–Crippen MR) is 78.3 cm³/mol. The van der Waals surface area contributed by atoms with Crippen molar-refractivity contribution < 1.29 is 9.59 Å². The second-order valence-electron chi connectivity index (χ2n) is 5.89. The van der Waals surface area contributed by atoms with Crippen LogP contribution in [0, 0.1) is 5.92 Å². The lowest BCUT2D eigenvalue weighted by molar-refractivity contribution is -0.151. The molecule has 0 aliphatic carbocycles. The average Bonchev–Trinajstić information content (AvgIpc) is 2.88. The molecule has 2 rings (SSSR count). The minimum absolute atomic E-state index is 0.288. The Labute approximate surface area is 121 Å². The van der Waals surface area contributed by atoms with Gasteiger partial charge in [0.25, 0.3) is 0 Å². The lowest BCUT2D eigenvalue weighted by atomic mass is 9.98. The van der Waals surface area contributed by atoms with Gasteiger partial charge < -0.3 is 15.1 Å². The third-order valence-electron chi connectivity index (χ3n) is 4.52. The number of amides is 2. The number of nitrogens with zero attached hydrogens (tertiary/aromatic N) is 2. The van der Waals surface area contributed by atoms with Gasteiger partial charge in [-0.1, -0.05) is 13.3 Å². The Morgan fingerprint density at radius 3 is 2.40 bits per heavy atom. The highest BCUT2D eigenvalue weighted by Crippen LogP contribution is 2.20. The van der Waals surface area contributed by atoms with E-state index in [0.717, 1.165) is 45.4 Å². The number of carbonyl (C=O) groups excluding carboxylic acids is 2. The molecule has 20 heavy (non-hydrogen) atoms. The van der Waals surface area contributed by atoms with Crippen LogP contribution < -0.4 is 5.32 Å². The van der Waals surface area contributed by atoms with E-state index < -0.39 is 0 Å². The summed E-state index contributed by atoms with van der Waals surface area (Å²) in [5.41, 5.74) is 0. The Hall–Kier alpha value is -1.10. The van der Waals surface area contributed by atoms with E-state index in [4.69, 9.17) is 0 Å². The van der Waals surface area contributed by atoms with Crippen LogP contribution in [-0.4, -0.2) is 60.9 Å². The van der Waals surface area contributed by atoms with Gasteiger partial charge in [0.15, 0.2) is 0 Å². The van der Waals surface area contributed by atoms with Crippen LogP contribution in [0.3, 0.4) is 0 Å². The molecule has 1 atom stereocenters. The zero-order chi connectivity index (χ0) is 14.4. The molecule has 2 aliphatic heterocycles. The van der Waals surface area contributed by atoms with Crippen molar-refractivity contribution in [3.05, 3.63) is 0 Å². The van der Waals surface area contributed by atoms with Crippen molar-refractivity contribution in [3.63, 3.8) is 0 Å². The largest absolute Gasteiger partial charge is 0.334 e. The second-order valence-corrected chi connectivity index (χ2v) is 5.89. The SMILES string of the molecule is CCC1CCCN(C(=O)C(=O)N2CCCNCC2)CC1. The summed E-state index contributed by atoms with van der Waals surface area (Å²) in [5.74, 6) is 0.123. The zero-order valence-electron chi connectivity index (χ0n) is 12.6. The maximum atomic E-state index is 12.4. The lowest BCUT2D eigenvalue weighted by Crippen LogP contribution is -2.46. The molecule has 2 saturated heterocycles. The number of hydrogen-bond donors (Lipinski definition) is 1. The Morgan fingerprint density at radius 1 is 0.950 bits per heavy atom. The van der Waals surface area contributed by atoms with Crippen LogP contribution in [0.25, 0.3) is 0 Å². The number of likely N-dealkylation sites (tertiary alicyclic amines) is 1. The molecule has 0 aromatic carbocycles. The molecule has 0 aromatic heterocycles. The number of nitrogens with one attached hydrogen (secondary N) is 1. The molecule has 1 unspecified atom stereocenters. The van der Waals surface area contributed by atoms with E-state index in [0.29, 0.717) is 19.0 Å². The molecule has 5 nitrogen and oxygen atoms in total. The number of hydrogen-bond acceptors (Lipinski definition) is 3. The molecule has 0 radical (unpaired) electrons. The average molecular weight is 281 g/mol. The lowest BCUT2D eigenvalue weighted by Gasteiger charge is -2.25. The van der Waals surface area contributed by atoms with Crippen LogP contribution in [0.5, 0.6) is 0 Å². The maximum Gasteiger partial charge on any atom is 0.312 e. The molecule has 2 fully saturated rings. The van der Waals surface area contributed by atoms with Crippen LogP contribution in [0.4, 0.5) is 0 Å². The van der Waals surface area contributed by atoms with Crippen LogP contribution in [0.15, 0.2) is 0 Å². The summed E-state index contributed by atoms with van der Waals surface area (Å²) in [4.78, 5) is 28.2. The van der Waals surface area contributed by atoms with Crippen LogP contribution in [0.1, 0.15) is 39.0 Å². The highest BCUT2D eigenvalue weighted by Gasteiger charge is 2.28. The van der Waals surface area contributed by atoms with Gasteiger partial charge in [-0.15, -0.1) is 0 Å². The van der Waals surface area contributed by atoms with Gasteiger partial charge in [0, 0.05) is 32.7 Å². The smallest absolute Gasteiger partial charge is 0.312 e. The molecule has 5 heteroatoms. The molecular formula is C15H27N3O2. The van der Waals surface area contributed by atoms with E-state index in [1.807, 2.05) is 0 Å². The van der Waals surface area contributed by atoms with Crippen molar-refractivity contribution in [2.24, 2.45) is 5.92 Å². The summed E-state index contributed by atoms with van der Waals surface area (Å²) in [7, 11) is 0. The van der Waals surface area contributed by atoms with Gasteiger partial charge in [-0.2, -0.15) is 0 Å². The monoisotopic (exact) mass is 281 g/mol. The first-order chi connectivity index (χ1) is 9.72. The molecule has 0 spiro atoms. The zero-order valence-corrected chi connectivity index (χ0v) is 12.6. The van der Waals surface area contributed by atoms with Gasteiger partial charge in [0.05, 0.1) is 0 Å². The summed E-state index contributed by atoms with van der Waals surface area (Å²) < 4.78 is 0. The standard InChI is InChI=1S/C15H27N3O2/c1-2-13-5-3-9-17(11-6-13)14(19)15(20)18-10-4-7-16-8-12-18/h13,16H,2-12H2,1H3. The summed E-state index contributed by atoms with van der Waals surface area (Å²) in [5, 5.41) is 3.26. The molecule has 0 saturated carbocycles. The quantitative estimate of drug-likeness (QED) is 0.725. The minimum atomic E-state index is -0.302. The van der Waals surface area contributed by atoms with Crippen molar-refractivity contribution in [1.82, 2.24) is 15.1 Å². The van der Waals surface area contributed by atoms with Crippen molar-refractivity contribution in [2.75, 3.05) is 39.3 Å². The van der Waals surface area contributed by atoms with Gasteiger partial charge in [-0.25, -0.2) is 0 Å². The fraction of sp³-hybridized carbons (Fsp3) is 0.867. The fourth-order valence-electron chi connectivity index (χ4n) is 3.10. The minimum Gasteiger partial charge on any atom is -0.334 e. The van der Waals surface area contributed by atoms with Crippen molar-refractivity contribution in [3.8, 4) is 0 Å². The Kier molecular flexibility index (Phi) is 5.83. The summed E-state index contributed by atoms with van der Waals surface area (Å²) in [6.45, 7) is 6.76. The Morgan fingerprint density at radius 2 is 1.65 bits per heavy atom. The summed E-state index contributed by atoms with van der Waals surface area (Å²) in [6, 6.07) is 0. The summed E-state index contributed by atoms with van der Waals surface area (Å²) in [6.07, 6.45) is 5.35. The molecule has 2 heterocycles. The van der Waals surface area contributed by atoms with Crippen molar-refractivity contribution in [1.29, 1.82) is 0 Å². The van der Waals surface area contributed by atoms with E-state index in [2.05, 4.69) is 12.2 Å². The molecule has 2 amide bonds. The highest BCUT2D eigenvalue weighted by molar-refractivity contribution is 6.34.